The van der Waals surface area contributed by atoms with E-state index in [2.05, 4.69) is 13.3 Å². The van der Waals surface area contributed by atoms with E-state index in [0.717, 1.165) is 6.61 Å². The van der Waals surface area contributed by atoms with Crippen molar-refractivity contribution in [3.05, 3.63) is 69.9 Å². The molecule has 0 bridgehead atoms. The number of hydrogen-bond donors (Lipinski definition) is 0. The SMILES string of the molecule is C1=CCOC=C1.F[P-](F)(F)(F)(F)F.[C-]#[O+].[C-]#[O+].[CH]1[CH][CH][CH][CH]1.[Mo+2]. The van der Waals surface area contributed by atoms with Gasteiger partial charge in [0.05, 0.1) is 6.26 Å². The van der Waals surface area contributed by atoms with E-state index in [1.54, 1.807) is 6.26 Å². The molecule has 129 valence electrons. The normalized spacial score (nSPS) is 17.0. The van der Waals surface area contributed by atoms with E-state index in [4.69, 9.17) is 14.0 Å². The van der Waals surface area contributed by atoms with E-state index < -0.39 is 7.81 Å². The third-order valence-corrected chi connectivity index (χ3v) is 1.17. The van der Waals surface area contributed by atoms with E-state index in [9.17, 15) is 25.2 Å². The number of hydrogen-bond acceptors (Lipinski definition) is 1. The third kappa shape index (κ3) is 74.3. The van der Waals surface area contributed by atoms with Gasteiger partial charge in [0.2, 0.25) is 0 Å². The molecule has 0 N–H and O–H groups in total. The van der Waals surface area contributed by atoms with Gasteiger partial charge >= 0.3 is 76.7 Å². The molecule has 0 aromatic carbocycles. The predicted molar refractivity (Wildman–Crippen MR) is 67.2 cm³/mol. The Hall–Kier alpha value is -0.542. The van der Waals surface area contributed by atoms with Gasteiger partial charge < -0.3 is 4.74 Å². The van der Waals surface area contributed by atoms with E-state index in [-0.39, 0.29) is 21.1 Å². The Morgan fingerprint density at radius 3 is 1.13 bits per heavy atom. The van der Waals surface area contributed by atoms with Gasteiger partial charge in [-0.2, -0.15) is 0 Å². The van der Waals surface area contributed by atoms with Gasteiger partial charge in [-0.25, -0.2) is 0 Å². The maximum Gasteiger partial charge on any atom is 2.00 e. The van der Waals surface area contributed by atoms with Gasteiger partial charge in [-0.15, -0.1) is 0 Å². The molecule has 2 rings (SSSR count). The molecular weight excluding hydrogens is 433 g/mol. The van der Waals surface area contributed by atoms with Gasteiger partial charge in [0.15, 0.2) is 0 Å². The molecule has 5 radical (unpaired) electrons. The molecule has 0 saturated heterocycles. The zero-order chi connectivity index (χ0) is 18.2. The van der Waals surface area contributed by atoms with Crippen LogP contribution in [0.4, 0.5) is 25.2 Å². The largest absolute Gasteiger partial charge is 2.00 e. The fourth-order valence-corrected chi connectivity index (χ4v) is 0.667. The molecule has 0 atom stereocenters. The summed E-state index contributed by atoms with van der Waals surface area (Å²) in [4.78, 5) is 0. The fourth-order valence-electron chi connectivity index (χ4n) is 0.667. The Morgan fingerprint density at radius 1 is 0.739 bits per heavy atom. The summed E-state index contributed by atoms with van der Waals surface area (Å²) >= 11 is 0. The second kappa shape index (κ2) is 13.9. The van der Waals surface area contributed by atoms with Crippen molar-refractivity contribution in [3.8, 4) is 0 Å². The van der Waals surface area contributed by atoms with Gasteiger partial charge in [0.25, 0.3) is 0 Å². The second-order valence-corrected chi connectivity index (χ2v) is 4.93. The first-order valence-corrected chi connectivity index (χ1v) is 7.05. The summed E-state index contributed by atoms with van der Waals surface area (Å²) in [7, 11) is -10.7. The smallest absolute Gasteiger partial charge is 0.0312 e. The fraction of sp³-hybridized carbons (Fsp3) is 0.0833. The summed E-state index contributed by atoms with van der Waals surface area (Å²) in [6.45, 7) is 9.73. The maximum absolute atomic E-state index is 10.7. The molecule has 3 nitrogen and oxygen atoms in total. The molecule has 0 aromatic rings. The minimum absolute atomic E-state index is 0. The van der Waals surface area contributed by atoms with Crippen LogP contribution in [0.1, 0.15) is 0 Å². The van der Waals surface area contributed by atoms with Crippen LogP contribution in [0.3, 0.4) is 0 Å². The molecule has 23 heavy (non-hydrogen) atoms. The monoisotopic (exact) mass is 446 g/mol. The number of rotatable bonds is 0. The summed E-state index contributed by atoms with van der Waals surface area (Å²) in [5, 5.41) is 0. The molecule has 1 aliphatic carbocycles. The molecule has 1 heterocycles. The van der Waals surface area contributed by atoms with Crippen LogP contribution in [-0.2, 0) is 35.1 Å². The van der Waals surface area contributed by atoms with Crippen LogP contribution < -0.4 is 0 Å². The van der Waals surface area contributed by atoms with Crippen molar-refractivity contribution >= 4 is 7.81 Å². The van der Waals surface area contributed by atoms with Gasteiger partial charge in [0.1, 0.15) is 6.61 Å². The molecule has 11 heteroatoms. The third-order valence-electron chi connectivity index (χ3n) is 1.17. The van der Waals surface area contributed by atoms with Gasteiger partial charge in [-0.05, 0) is 44.3 Å². The molecule has 0 spiro atoms. The molecule has 0 unspecified atom stereocenters. The molecule has 1 aliphatic heterocycles. The first-order valence-electron chi connectivity index (χ1n) is 5.02. The molecule has 0 amide bonds. The van der Waals surface area contributed by atoms with Gasteiger partial charge in [-0.1, -0.05) is 6.08 Å². The summed E-state index contributed by atoms with van der Waals surface area (Å²) in [5.41, 5.74) is 0. The van der Waals surface area contributed by atoms with E-state index >= 15 is 0 Å². The van der Waals surface area contributed by atoms with Crippen LogP contribution in [0, 0.1) is 45.4 Å². The van der Waals surface area contributed by atoms with E-state index in [1.165, 1.54) is 0 Å². The summed E-state index contributed by atoms with van der Waals surface area (Å²) in [6, 6.07) is 0. The molecule has 0 aromatic heterocycles. The van der Waals surface area contributed by atoms with Crippen LogP contribution in [0.15, 0.2) is 24.5 Å². The standard InChI is InChI=1S/C5H6O.C5H5.2CO.F6P.Mo/c1-2-4-6-5-3-1;1-2-4-5-3-1;2*1-2;1-7(2,3,4,5)6;/h1-4H,5H2;1-5H;;;;/q;;;;-1;+2. The van der Waals surface area contributed by atoms with Crippen LogP contribution >= 0.6 is 7.81 Å². The quantitative estimate of drug-likeness (QED) is 0.162. The van der Waals surface area contributed by atoms with Crippen molar-refractivity contribution in [1.82, 2.24) is 0 Å². The molecule has 1 fully saturated rings. The summed E-state index contributed by atoms with van der Waals surface area (Å²) in [5.74, 6) is 0. The van der Waals surface area contributed by atoms with E-state index in [0.29, 0.717) is 0 Å². The Balaban J connectivity index is -0.000000105. The Bertz CT molecular complexity index is 334. The summed E-state index contributed by atoms with van der Waals surface area (Å²) in [6.07, 6.45) is 17.5. The zero-order valence-corrected chi connectivity index (χ0v) is 14.2. The Morgan fingerprint density at radius 2 is 1.04 bits per heavy atom. The first kappa shape index (κ1) is 30.4. The minimum Gasteiger partial charge on any atom is -0.0312 e. The molecular formula is C12H11F6MoO3P+. The zero-order valence-electron chi connectivity index (χ0n) is 11.3. The van der Waals surface area contributed by atoms with Crippen LogP contribution in [0.25, 0.3) is 0 Å². The average Bonchev–Trinajstić information content (AvgIpc) is 3.01. The topological polar surface area (TPSA) is 49.0 Å². The van der Waals surface area contributed by atoms with Crippen molar-refractivity contribution in [2.24, 2.45) is 0 Å². The number of halogens is 6. The number of allylic oxidation sites excluding steroid dienone is 2. The predicted octanol–water partition coefficient (Wildman–Crippen LogP) is 5.41. The number of ether oxygens (including phenoxy) is 1. The average molecular weight is 444 g/mol. The summed E-state index contributed by atoms with van der Waals surface area (Å²) < 4.78 is 79.0. The van der Waals surface area contributed by atoms with Crippen molar-refractivity contribution in [3.63, 3.8) is 0 Å². The van der Waals surface area contributed by atoms with Crippen molar-refractivity contribution in [2.45, 2.75) is 0 Å². The van der Waals surface area contributed by atoms with Crippen molar-refractivity contribution in [1.29, 1.82) is 0 Å². The Kier molecular flexibility index (Phi) is 18.3. The van der Waals surface area contributed by atoms with E-state index in [1.807, 2.05) is 50.3 Å². The molecule has 2 aliphatic rings. The van der Waals surface area contributed by atoms with Gasteiger partial charge in [0, 0.05) is 0 Å². The van der Waals surface area contributed by atoms with Crippen molar-refractivity contribution < 1.29 is 60.3 Å². The minimum atomic E-state index is -10.7. The van der Waals surface area contributed by atoms with Crippen LogP contribution in [-0.4, -0.2) is 6.61 Å². The van der Waals surface area contributed by atoms with Crippen LogP contribution in [0.5, 0.6) is 0 Å². The maximum atomic E-state index is 9.87. The molecule has 1 saturated carbocycles. The van der Waals surface area contributed by atoms with Crippen molar-refractivity contribution in [2.75, 3.05) is 6.61 Å². The van der Waals surface area contributed by atoms with Crippen LogP contribution in [0.2, 0.25) is 0 Å². The Labute approximate surface area is 145 Å². The second-order valence-electron chi connectivity index (χ2n) is 3.01. The first-order chi connectivity index (χ1) is 9.95. The van der Waals surface area contributed by atoms with Gasteiger partial charge in [-0.3, -0.25) is 0 Å².